The molecule has 5 heteroatoms. The highest BCUT2D eigenvalue weighted by molar-refractivity contribution is 6.09. The predicted molar refractivity (Wildman–Crippen MR) is 81.4 cm³/mol. The Hall–Kier alpha value is -2.69. The van der Waals surface area contributed by atoms with E-state index in [0.29, 0.717) is 17.7 Å². The van der Waals surface area contributed by atoms with Crippen LogP contribution < -0.4 is 4.74 Å². The highest BCUT2D eigenvalue weighted by Gasteiger charge is 2.16. The number of aryl methyl sites for hydroxylation is 1. The first kappa shape index (κ1) is 14.3. The second-order valence-corrected chi connectivity index (χ2v) is 5.26. The summed E-state index contributed by atoms with van der Waals surface area (Å²) in [6.07, 6.45) is 2.91. The third-order valence-corrected chi connectivity index (χ3v) is 3.74. The lowest BCUT2D eigenvalue weighted by Gasteiger charge is -2.09. The van der Waals surface area contributed by atoms with Gasteiger partial charge >= 0.3 is 0 Å². The van der Waals surface area contributed by atoms with Gasteiger partial charge in [-0.2, -0.15) is 0 Å². The summed E-state index contributed by atoms with van der Waals surface area (Å²) < 4.78 is 5.64. The highest BCUT2D eigenvalue weighted by atomic mass is 16.6. The Labute approximate surface area is 127 Å². The first-order valence-electron chi connectivity index (χ1n) is 7.20. The maximum Gasteiger partial charge on any atom is 0.270 e. The molecule has 0 amide bonds. The van der Waals surface area contributed by atoms with Crippen LogP contribution in [0.25, 0.3) is 0 Å². The summed E-state index contributed by atoms with van der Waals surface area (Å²) in [5, 5.41) is 10.8. The first-order valence-corrected chi connectivity index (χ1v) is 7.20. The van der Waals surface area contributed by atoms with Gasteiger partial charge in [0, 0.05) is 23.3 Å². The van der Waals surface area contributed by atoms with Crippen LogP contribution in [0.15, 0.2) is 42.5 Å². The average molecular weight is 297 g/mol. The number of hydrogen-bond donors (Lipinski definition) is 0. The molecule has 5 nitrogen and oxygen atoms in total. The number of nitro benzene ring substituents is 1. The topological polar surface area (TPSA) is 69.4 Å². The normalized spacial score (nSPS) is 13.6. The minimum atomic E-state index is -0.498. The second kappa shape index (κ2) is 5.97. The van der Waals surface area contributed by atoms with Crippen LogP contribution in [0.4, 0.5) is 5.69 Å². The minimum Gasteiger partial charge on any atom is -0.493 e. The van der Waals surface area contributed by atoms with E-state index in [4.69, 9.17) is 4.74 Å². The zero-order valence-electron chi connectivity index (χ0n) is 12.0. The summed E-state index contributed by atoms with van der Waals surface area (Å²) >= 11 is 0. The fraction of sp³-hybridized carbons (Fsp3) is 0.235. The average Bonchev–Trinajstić information content (AvgIpc) is 2.78. The summed E-state index contributed by atoms with van der Waals surface area (Å²) in [7, 11) is 0. The van der Waals surface area contributed by atoms with E-state index in [0.717, 1.165) is 30.6 Å². The molecule has 0 N–H and O–H groups in total. The van der Waals surface area contributed by atoms with E-state index in [1.165, 1.54) is 18.2 Å². The van der Waals surface area contributed by atoms with Crippen LogP contribution in [-0.4, -0.2) is 17.3 Å². The summed E-state index contributed by atoms with van der Waals surface area (Å²) in [5.74, 6) is 0.615. The van der Waals surface area contributed by atoms with Crippen LogP contribution in [0, 0.1) is 10.1 Å². The third kappa shape index (κ3) is 2.83. The molecule has 22 heavy (non-hydrogen) atoms. The molecule has 0 bridgehead atoms. The smallest absolute Gasteiger partial charge is 0.270 e. The summed E-state index contributed by atoms with van der Waals surface area (Å²) in [5.41, 5.74) is 1.80. The molecule has 1 aliphatic rings. The van der Waals surface area contributed by atoms with Gasteiger partial charge in [0.15, 0.2) is 5.78 Å². The summed E-state index contributed by atoms with van der Waals surface area (Å²) in [4.78, 5) is 22.9. The van der Waals surface area contributed by atoms with Crippen LogP contribution >= 0.6 is 0 Å². The number of ether oxygens (including phenoxy) is 1. The van der Waals surface area contributed by atoms with Gasteiger partial charge in [0.05, 0.1) is 11.5 Å². The molecule has 0 atom stereocenters. The van der Waals surface area contributed by atoms with Crippen LogP contribution in [0.5, 0.6) is 5.75 Å². The molecule has 3 rings (SSSR count). The van der Waals surface area contributed by atoms with Crippen molar-refractivity contribution in [2.24, 2.45) is 0 Å². The van der Waals surface area contributed by atoms with Crippen molar-refractivity contribution < 1.29 is 14.5 Å². The van der Waals surface area contributed by atoms with Crippen molar-refractivity contribution in [3.8, 4) is 5.75 Å². The molecular formula is C17H15NO4. The number of nitrogens with zero attached hydrogens (tertiary/aromatic N) is 1. The molecule has 0 aromatic heterocycles. The van der Waals surface area contributed by atoms with Crippen molar-refractivity contribution in [3.63, 3.8) is 0 Å². The van der Waals surface area contributed by atoms with Gasteiger partial charge < -0.3 is 4.74 Å². The Balaban J connectivity index is 1.94. The van der Waals surface area contributed by atoms with Gasteiger partial charge in [0.2, 0.25) is 0 Å². The number of non-ortho nitro benzene ring substituents is 1. The molecule has 112 valence electrons. The van der Waals surface area contributed by atoms with Crippen molar-refractivity contribution in [1.29, 1.82) is 0 Å². The number of carbonyl (C=O) groups is 1. The SMILES string of the molecule is O=C(c1cccc([N+](=O)[O-])c1)c1ccc2c(c1)CCCCO2. The van der Waals surface area contributed by atoms with E-state index < -0.39 is 4.92 Å². The van der Waals surface area contributed by atoms with Crippen LogP contribution in [0.3, 0.4) is 0 Å². The largest absolute Gasteiger partial charge is 0.493 e. The molecule has 1 aliphatic heterocycles. The molecule has 0 unspecified atom stereocenters. The van der Waals surface area contributed by atoms with Crippen molar-refractivity contribution in [2.45, 2.75) is 19.3 Å². The number of hydrogen-bond acceptors (Lipinski definition) is 4. The zero-order chi connectivity index (χ0) is 15.5. The molecule has 0 saturated carbocycles. The zero-order valence-corrected chi connectivity index (χ0v) is 12.0. The lowest BCUT2D eigenvalue weighted by Crippen LogP contribution is -2.03. The third-order valence-electron chi connectivity index (χ3n) is 3.74. The first-order chi connectivity index (χ1) is 10.6. The molecule has 2 aromatic rings. The molecule has 1 heterocycles. The number of rotatable bonds is 3. The molecule has 0 saturated heterocycles. The van der Waals surface area contributed by atoms with Crippen LogP contribution in [0.2, 0.25) is 0 Å². The van der Waals surface area contributed by atoms with E-state index in [-0.39, 0.29) is 11.5 Å². The monoisotopic (exact) mass is 297 g/mol. The van der Waals surface area contributed by atoms with Crippen molar-refractivity contribution >= 4 is 11.5 Å². The van der Waals surface area contributed by atoms with Crippen LogP contribution in [0.1, 0.15) is 34.3 Å². The van der Waals surface area contributed by atoms with Crippen molar-refractivity contribution in [3.05, 3.63) is 69.3 Å². The van der Waals surface area contributed by atoms with E-state index in [9.17, 15) is 14.9 Å². The fourth-order valence-corrected chi connectivity index (χ4v) is 2.58. The maximum absolute atomic E-state index is 12.5. The van der Waals surface area contributed by atoms with Crippen molar-refractivity contribution in [1.82, 2.24) is 0 Å². The number of fused-ring (bicyclic) bond motifs is 1. The van der Waals surface area contributed by atoms with Gasteiger partial charge in [-0.1, -0.05) is 12.1 Å². The molecule has 0 spiro atoms. The number of benzene rings is 2. The van der Waals surface area contributed by atoms with E-state index in [1.54, 1.807) is 12.1 Å². The quantitative estimate of drug-likeness (QED) is 0.493. The Kier molecular flexibility index (Phi) is 3.87. The maximum atomic E-state index is 12.5. The summed E-state index contributed by atoms with van der Waals surface area (Å²) in [6.45, 7) is 0.700. The standard InChI is InChI=1S/C17H15NO4/c19-17(13-5-3-6-15(11-13)18(20)21)14-7-8-16-12(10-14)4-1-2-9-22-16/h3,5-8,10-11H,1-2,4,9H2. The molecule has 2 aromatic carbocycles. The summed E-state index contributed by atoms with van der Waals surface area (Å²) in [6, 6.07) is 11.2. The number of nitro groups is 1. The molecule has 0 aliphatic carbocycles. The van der Waals surface area contributed by atoms with E-state index >= 15 is 0 Å². The fourth-order valence-electron chi connectivity index (χ4n) is 2.58. The lowest BCUT2D eigenvalue weighted by molar-refractivity contribution is -0.384. The van der Waals surface area contributed by atoms with Crippen LogP contribution in [-0.2, 0) is 6.42 Å². The Morgan fingerprint density at radius 2 is 1.91 bits per heavy atom. The predicted octanol–water partition coefficient (Wildman–Crippen LogP) is 3.54. The molecule has 0 fully saturated rings. The minimum absolute atomic E-state index is 0.0797. The van der Waals surface area contributed by atoms with Gasteiger partial charge in [-0.05, 0) is 43.0 Å². The molecular weight excluding hydrogens is 282 g/mol. The van der Waals surface area contributed by atoms with Gasteiger partial charge in [0.25, 0.3) is 5.69 Å². The Morgan fingerprint density at radius 1 is 1.09 bits per heavy atom. The van der Waals surface area contributed by atoms with Gasteiger partial charge in [-0.15, -0.1) is 0 Å². The lowest BCUT2D eigenvalue weighted by atomic mass is 9.98. The number of carbonyl (C=O) groups excluding carboxylic acids is 1. The molecule has 0 radical (unpaired) electrons. The van der Waals surface area contributed by atoms with Crippen molar-refractivity contribution in [2.75, 3.05) is 6.61 Å². The Bertz CT molecular complexity index is 739. The van der Waals surface area contributed by atoms with E-state index in [1.807, 2.05) is 12.1 Å². The van der Waals surface area contributed by atoms with Gasteiger partial charge in [-0.25, -0.2) is 0 Å². The van der Waals surface area contributed by atoms with Gasteiger partial charge in [-0.3, -0.25) is 14.9 Å². The second-order valence-electron chi connectivity index (χ2n) is 5.26. The Morgan fingerprint density at radius 3 is 2.73 bits per heavy atom. The van der Waals surface area contributed by atoms with Gasteiger partial charge in [0.1, 0.15) is 5.75 Å². The van der Waals surface area contributed by atoms with E-state index in [2.05, 4.69) is 0 Å². The number of ketones is 1. The highest BCUT2D eigenvalue weighted by Crippen LogP contribution is 2.26.